The van der Waals surface area contributed by atoms with Gasteiger partial charge in [-0.1, -0.05) is 72.5 Å². The van der Waals surface area contributed by atoms with Gasteiger partial charge in [-0.3, -0.25) is 4.79 Å². The van der Waals surface area contributed by atoms with Crippen molar-refractivity contribution < 1.29 is 9.53 Å². The highest BCUT2D eigenvalue weighted by Gasteiger charge is 2.63. The van der Waals surface area contributed by atoms with Crippen molar-refractivity contribution in [1.29, 1.82) is 0 Å². The van der Waals surface area contributed by atoms with E-state index < -0.39 is 0 Å². The number of ether oxygens (including phenoxy) is 1. The molecule has 4 aliphatic carbocycles. The highest BCUT2D eigenvalue weighted by Crippen LogP contribution is 2.72. The largest absolute Gasteiger partial charge is 0.463 e. The molecule has 4 aliphatic rings. The minimum atomic E-state index is -0.105. The van der Waals surface area contributed by atoms with Gasteiger partial charge < -0.3 is 4.74 Å². The molecule has 0 amide bonds. The number of allylic oxidation sites excluding steroid dienone is 2. The van der Waals surface area contributed by atoms with Gasteiger partial charge in [-0.2, -0.15) is 0 Å². The van der Waals surface area contributed by atoms with Crippen molar-refractivity contribution in [3.63, 3.8) is 0 Å². The lowest BCUT2D eigenvalue weighted by Gasteiger charge is -2.61. The topological polar surface area (TPSA) is 26.3 Å². The molecule has 0 heterocycles. The fourth-order valence-corrected chi connectivity index (χ4v) is 9.21. The van der Waals surface area contributed by atoms with Crippen LogP contribution < -0.4 is 0 Å². The summed E-state index contributed by atoms with van der Waals surface area (Å²) in [4.78, 5) is 11.5. The van der Waals surface area contributed by atoms with E-state index in [2.05, 4.69) is 47.6 Å². The SMILES string of the molecule is CC(=O)O[C@@H]1CC[C@]2(C)[C@H](CC=C3[C@@H]2CC[C@]2(C)[C@H]([C@@H](C)CCCC(C)C)CC[C@@]32C)C1. The Morgan fingerprint density at radius 2 is 1.81 bits per heavy atom. The summed E-state index contributed by atoms with van der Waals surface area (Å²) in [6.45, 7) is 16.8. The van der Waals surface area contributed by atoms with Crippen LogP contribution in [0.15, 0.2) is 11.6 Å². The first-order chi connectivity index (χ1) is 15.0. The second kappa shape index (κ2) is 8.77. The zero-order chi connectivity index (χ0) is 23.3. The van der Waals surface area contributed by atoms with Crippen molar-refractivity contribution in [3.8, 4) is 0 Å². The second-order valence-electron chi connectivity index (χ2n) is 13.4. The third-order valence-electron chi connectivity index (χ3n) is 11.4. The third-order valence-corrected chi connectivity index (χ3v) is 11.4. The van der Waals surface area contributed by atoms with E-state index in [-0.39, 0.29) is 12.1 Å². The summed E-state index contributed by atoms with van der Waals surface area (Å²) in [5.41, 5.74) is 3.08. The number of hydrogen-bond acceptors (Lipinski definition) is 2. The Balaban J connectivity index is 1.53. The van der Waals surface area contributed by atoms with Crippen molar-refractivity contribution in [1.82, 2.24) is 0 Å². The zero-order valence-corrected chi connectivity index (χ0v) is 22.1. The number of carbonyl (C=O) groups is 1. The van der Waals surface area contributed by atoms with E-state index in [0.717, 1.165) is 36.5 Å². The Hall–Kier alpha value is -0.790. The molecule has 0 N–H and O–H groups in total. The Morgan fingerprint density at radius 1 is 1.06 bits per heavy atom. The average Bonchev–Trinajstić information content (AvgIpc) is 2.99. The summed E-state index contributed by atoms with van der Waals surface area (Å²) in [5, 5.41) is 0. The molecule has 2 nitrogen and oxygen atoms in total. The van der Waals surface area contributed by atoms with Crippen LogP contribution in [0, 0.1) is 45.8 Å². The third kappa shape index (κ3) is 3.90. The molecule has 0 unspecified atom stereocenters. The molecule has 3 saturated carbocycles. The molecule has 0 bridgehead atoms. The van der Waals surface area contributed by atoms with Gasteiger partial charge in [0.25, 0.3) is 0 Å². The molecule has 0 aromatic rings. The predicted molar refractivity (Wildman–Crippen MR) is 133 cm³/mol. The fourth-order valence-electron chi connectivity index (χ4n) is 9.21. The van der Waals surface area contributed by atoms with Gasteiger partial charge in [0, 0.05) is 6.92 Å². The van der Waals surface area contributed by atoms with Gasteiger partial charge in [-0.25, -0.2) is 0 Å². The van der Waals surface area contributed by atoms with Crippen LogP contribution in [-0.2, 0) is 9.53 Å². The standard InChI is InChI=1S/C30H50O2/c1-20(2)9-8-10-21(3)25-14-17-30(7)27-12-11-23-19-24(32-22(4)31)13-16-28(23,5)26(27)15-18-29(25,30)6/h12,20-21,23-26H,8-11,13-19H2,1-7H3/t21-,23+,24+,25-,26-,28+,29+,30-/m0/s1. The Labute approximate surface area is 198 Å². The van der Waals surface area contributed by atoms with Crippen molar-refractivity contribution in [2.45, 2.75) is 125 Å². The normalized spacial score (nSPS) is 44.3. The molecule has 0 aliphatic heterocycles. The summed E-state index contributed by atoms with van der Waals surface area (Å²) in [6, 6.07) is 0. The average molecular weight is 443 g/mol. The van der Waals surface area contributed by atoms with E-state index in [1.165, 1.54) is 57.8 Å². The van der Waals surface area contributed by atoms with Gasteiger partial charge in [0.05, 0.1) is 0 Å². The van der Waals surface area contributed by atoms with Gasteiger partial charge in [-0.05, 0) is 97.2 Å². The first-order valence-electron chi connectivity index (χ1n) is 13.9. The van der Waals surface area contributed by atoms with Crippen molar-refractivity contribution >= 4 is 5.97 Å². The number of carbonyl (C=O) groups excluding carboxylic acids is 1. The molecule has 182 valence electrons. The number of esters is 1. The highest BCUT2D eigenvalue weighted by atomic mass is 16.5. The first kappa shape index (κ1) is 24.3. The van der Waals surface area contributed by atoms with E-state index >= 15 is 0 Å². The zero-order valence-electron chi connectivity index (χ0n) is 22.1. The Bertz CT molecular complexity index is 737. The van der Waals surface area contributed by atoms with Gasteiger partial charge in [0.2, 0.25) is 0 Å². The molecule has 8 atom stereocenters. The number of fused-ring (bicyclic) bond motifs is 5. The maximum absolute atomic E-state index is 11.5. The molecular weight excluding hydrogens is 392 g/mol. The van der Waals surface area contributed by atoms with Gasteiger partial charge in [0.1, 0.15) is 6.10 Å². The van der Waals surface area contributed by atoms with E-state index in [0.29, 0.717) is 22.2 Å². The van der Waals surface area contributed by atoms with Crippen LogP contribution in [0.2, 0.25) is 0 Å². The van der Waals surface area contributed by atoms with E-state index in [1.54, 1.807) is 6.92 Å². The Morgan fingerprint density at radius 3 is 2.50 bits per heavy atom. The van der Waals surface area contributed by atoms with Crippen molar-refractivity contribution in [2.75, 3.05) is 0 Å². The predicted octanol–water partition coefficient (Wildman–Crippen LogP) is 8.35. The van der Waals surface area contributed by atoms with Crippen molar-refractivity contribution in [2.24, 2.45) is 45.8 Å². The molecule has 32 heavy (non-hydrogen) atoms. The maximum atomic E-state index is 11.5. The number of hydrogen-bond donors (Lipinski definition) is 0. The smallest absolute Gasteiger partial charge is 0.302 e. The van der Waals surface area contributed by atoms with Gasteiger partial charge in [-0.15, -0.1) is 0 Å². The molecule has 0 saturated heterocycles. The van der Waals surface area contributed by atoms with Gasteiger partial charge >= 0.3 is 5.97 Å². The maximum Gasteiger partial charge on any atom is 0.302 e. The van der Waals surface area contributed by atoms with Crippen LogP contribution in [0.25, 0.3) is 0 Å². The molecule has 2 heteroatoms. The van der Waals surface area contributed by atoms with E-state index in [4.69, 9.17) is 4.74 Å². The van der Waals surface area contributed by atoms with Crippen LogP contribution >= 0.6 is 0 Å². The quantitative estimate of drug-likeness (QED) is 0.305. The lowest BCUT2D eigenvalue weighted by atomic mass is 9.43. The molecule has 3 fully saturated rings. The summed E-state index contributed by atoms with van der Waals surface area (Å²) >= 11 is 0. The van der Waals surface area contributed by atoms with Crippen molar-refractivity contribution in [3.05, 3.63) is 11.6 Å². The molecule has 4 rings (SSSR count). The van der Waals surface area contributed by atoms with Crippen LogP contribution in [0.5, 0.6) is 0 Å². The Kier molecular flexibility index (Phi) is 6.67. The fraction of sp³-hybridized carbons (Fsp3) is 0.900. The molecule has 0 aromatic heterocycles. The van der Waals surface area contributed by atoms with Crippen LogP contribution in [0.4, 0.5) is 0 Å². The number of rotatable bonds is 6. The summed E-state index contributed by atoms with van der Waals surface area (Å²) in [7, 11) is 0. The minimum absolute atomic E-state index is 0.105. The molecule has 0 aromatic carbocycles. The lowest BCUT2D eigenvalue weighted by Crippen LogP contribution is -2.53. The second-order valence-corrected chi connectivity index (χ2v) is 13.4. The summed E-state index contributed by atoms with van der Waals surface area (Å²) in [6.07, 6.45) is 17.2. The first-order valence-corrected chi connectivity index (χ1v) is 13.9. The van der Waals surface area contributed by atoms with Crippen LogP contribution in [0.3, 0.4) is 0 Å². The highest BCUT2D eigenvalue weighted by molar-refractivity contribution is 5.66. The monoisotopic (exact) mass is 442 g/mol. The minimum Gasteiger partial charge on any atom is -0.463 e. The van der Waals surface area contributed by atoms with Gasteiger partial charge in [0.15, 0.2) is 0 Å². The lowest BCUT2D eigenvalue weighted by molar-refractivity contribution is -0.152. The molecular formula is C30H50O2. The van der Waals surface area contributed by atoms with E-state index in [1.807, 2.05) is 5.57 Å². The van der Waals surface area contributed by atoms with E-state index in [9.17, 15) is 4.79 Å². The molecule has 0 radical (unpaired) electrons. The van der Waals surface area contributed by atoms with Crippen LogP contribution in [-0.4, -0.2) is 12.1 Å². The summed E-state index contributed by atoms with van der Waals surface area (Å²) in [5.74, 6) is 3.88. The van der Waals surface area contributed by atoms with Crippen LogP contribution in [0.1, 0.15) is 119 Å². The molecule has 0 spiro atoms. The summed E-state index contributed by atoms with van der Waals surface area (Å²) < 4.78 is 5.65.